The first-order chi connectivity index (χ1) is 11.9. The van der Waals surface area contributed by atoms with Crippen LogP contribution in [0.15, 0.2) is 35.7 Å². The summed E-state index contributed by atoms with van der Waals surface area (Å²) in [4.78, 5) is 3.95. The number of nitrogens with zero attached hydrogens (tertiary/aromatic N) is 3. The van der Waals surface area contributed by atoms with E-state index in [-0.39, 0.29) is 10.9 Å². The Hall–Kier alpha value is -1.80. The van der Waals surface area contributed by atoms with Crippen molar-refractivity contribution >= 4 is 10.0 Å². The van der Waals surface area contributed by atoms with Gasteiger partial charge < -0.3 is 4.57 Å². The molecular weight excluding hydrogens is 348 g/mol. The van der Waals surface area contributed by atoms with E-state index in [0.29, 0.717) is 31.5 Å². The number of halogens is 2. The van der Waals surface area contributed by atoms with E-state index in [9.17, 15) is 17.2 Å². The molecule has 0 bridgehead atoms. The molecule has 2 heterocycles. The van der Waals surface area contributed by atoms with Gasteiger partial charge in [0.05, 0.1) is 6.33 Å². The zero-order valence-corrected chi connectivity index (χ0v) is 14.8. The summed E-state index contributed by atoms with van der Waals surface area (Å²) >= 11 is 0. The Morgan fingerprint density at radius 3 is 2.80 bits per heavy atom. The van der Waals surface area contributed by atoms with Crippen molar-refractivity contribution in [2.45, 2.75) is 30.7 Å². The fourth-order valence-electron chi connectivity index (χ4n) is 3.22. The third-order valence-electron chi connectivity index (χ3n) is 4.60. The first kappa shape index (κ1) is 18.0. The molecule has 1 atom stereocenters. The number of benzene rings is 1. The van der Waals surface area contributed by atoms with Gasteiger partial charge in [-0.3, -0.25) is 0 Å². The van der Waals surface area contributed by atoms with Gasteiger partial charge in [0.15, 0.2) is 5.03 Å². The normalized spacial score (nSPS) is 19.2. The molecule has 8 heteroatoms. The molecule has 5 nitrogen and oxygen atoms in total. The van der Waals surface area contributed by atoms with Gasteiger partial charge in [-0.05, 0) is 43.2 Å². The molecule has 1 aliphatic rings. The highest BCUT2D eigenvalue weighted by molar-refractivity contribution is 7.89. The van der Waals surface area contributed by atoms with Crippen LogP contribution in [-0.4, -0.2) is 35.4 Å². The molecule has 1 aromatic heterocycles. The summed E-state index contributed by atoms with van der Waals surface area (Å²) in [6.45, 7) is 0.877. The van der Waals surface area contributed by atoms with Crippen molar-refractivity contribution in [1.82, 2.24) is 13.9 Å². The van der Waals surface area contributed by atoms with E-state index in [1.54, 1.807) is 11.6 Å². The lowest BCUT2D eigenvalue weighted by Gasteiger charge is -2.31. The molecule has 0 aliphatic carbocycles. The summed E-state index contributed by atoms with van der Waals surface area (Å²) in [5.41, 5.74) is 0.464. The van der Waals surface area contributed by atoms with E-state index < -0.39 is 21.7 Å². The van der Waals surface area contributed by atoms with Gasteiger partial charge in [0.2, 0.25) is 0 Å². The van der Waals surface area contributed by atoms with Crippen molar-refractivity contribution in [3.8, 4) is 0 Å². The largest absolute Gasteiger partial charge is 0.339 e. The highest BCUT2D eigenvalue weighted by Crippen LogP contribution is 2.26. The van der Waals surface area contributed by atoms with Gasteiger partial charge in [-0.15, -0.1) is 0 Å². The Labute approximate surface area is 146 Å². The number of sulfonamides is 1. The summed E-state index contributed by atoms with van der Waals surface area (Å²) < 4.78 is 55.1. The lowest BCUT2D eigenvalue weighted by molar-refractivity contribution is 0.255. The van der Waals surface area contributed by atoms with Crippen molar-refractivity contribution in [2.75, 3.05) is 13.1 Å². The Morgan fingerprint density at radius 2 is 2.12 bits per heavy atom. The maximum atomic E-state index is 13.7. The molecule has 25 heavy (non-hydrogen) atoms. The summed E-state index contributed by atoms with van der Waals surface area (Å²) in [6.07, 6.45) is 5.75. The summed E-state index contributed by atoms with van der Waals surface area (Å²) in [5.74, 6) is -0.989. The molecule has 0 spiro atoms. The molecule has 2 aromatic rings. The van der Waals surface area contributed by atoms with Crippen LogP contribution in [0.2, 0.25) is 0 Å². The van der Waals surface area contributed by atoms with Crippen LogP contribution >= 0.6 is 0 Å². The monoisotopic (exact) mass is 369 g/mol. The van der Waals surface area contributed by atoms with Crippen LogP contribution in [0.25, 0.3) is 0 Å². The van der Waals surface area contributed by atoms with Crippen LogP contribution in [0.5, 0.6) is 0 Å². The number of rotatable bonds is 5. The Bertz CT molecular complexity index is 851. The number of hydrogen-bond acceptors (Lipinski definition) is 3. The Kier molecular flexibility index (Phi) is 5.19. The average molecular weight is 369 g/mol. The third kappa shape index (κ3) is 4.07. The molecule has 1 aliphatic heterocycles. The molecule has 0 unspecified atom stereocenters. The third-order valence-corrected chi connectivity index (χ3v) is 6.36. The molecule has 0 amide bonds. The van der Waals surface area contributed by atoms with E-state index in [0.717, 1.165) is 18.9 Å². The quantitative estimate of drug-likeness (QED) is 0.814. The number of imidazole rings is 1. The standard InChI is InChI=1S/C17H21F2N3O2S/c1-21-11-17(20-12-21)25(23,24)22-8-2-3-13(10-22)4-5-14-6-7-15(18)9-16(14)19/h6-7,9,11-13H,2-5,8,10H2,1H3/t13-/m0/s1. The van der Waals surface area contributed by atoms with E-state index in [1.165, 1.54) is 29.0 Å². The molecule has 136 valence electrons. The predicted octanol–water partition coefficient (Wildman–Crippen LogP) is 2.73. The van der Waals surface area contributed by atoms with Gasteiger partial charge in [-0.1, -0.05) is 6.07 Å². The maximum Gasteiger partial charge on any atom is 0.262 e. The number of aryl methyl sites for hydroxylation is 2. The summed E-state index contributed by atoms with van der Waals surface area (Å²) in [6, 6.07) is 3.58. The van der Waals surface area contributed by atoms with Crippen LogP contribution in [0.4, 0.5) is 8.78 Å². The van der Waals surface area contributed by atoms with Crippen molar-refractivity contribution < 1.29 is 17.2 Å². The Morgan fingerprint density at radius 1 is 1.32 bits per heavy atom. The fraction of sp³-hybridized carbons (Fsp3) is 0.471. The number of hydrogen-bond donors (Lipinski definition) is 0. The molecule has 3 rings (SSSR count). The van der Waals surface area contributed by atoms with Crippen LogP contribution in [-0.2, 0) is 23.5 Å². The number of piperidine rings is 1. The van der Waals surface area contributed by atoms with Gasteiger partial charge in [-0.2, -0.15) is 4.31 Å². The second-order valence-electron chi connectivity index (χ2n) is 6.52. The van der Waals surface area contributed by atoms with E-state index in [4.69, 9.17) is 0 Å². The number of aromatic nitrogens is 2. The van der Waals surface area contributed by atoms with Gasteiger partial charge >= 0.3 is 0 Å². The van der Waals surface area contributed by atoms with Crippen LogP contribution in [0.3, 0.4) is 0 Å². The minimum Gasteiger partial charge on any atom is -0.339 e. The lowest BCUT2D eigenvalue weighted by atomic mass is 9.92. The minimum atomic E-state index is -3.59. The smallest absolute Gasteiger partial charge is 0.262 e. The highest BCUT2D eigenvalue weighted by Gasteiger charge is 2.31. The molecule has 1 fully saturated rings. The van der Waals surface area contributed by atoms with Crippen molar-refractivity contribution in [2.24, 2.45) is 13.0 Å². The first-order valence-corrected chi connectivity index (χ1v) is 9.72. The molecular formula is C17H21F2N3O2S. The van der Waals surface area contributed by atoms with Crippen molar-refractivity contribution in [3.63, 3.8) is 0 Å². The van der Waals surface area contributed by atoms with Crippen molar-refractivity contribution in [3.05, 3.63) is 47.9 Å². The summed E-state index contributed by atoms with van der Waals surface area (Å²) in [5, 5.41) is 0.0558. The zero-order valence-electron chi connectivity index (χ0n) is 14.0. The molecule has 0 saturated carbocycles. The topological polar surface area (TPSA) is 55.2 Å². The SMILES string of the molecule is Cn1cnc(S(=O)(=O)N2CCC[C@@H](CCc3ccc(F)cc3F)C2)c1. The molecule has 0 N–H and O–H groups in total. The zero-order chi connectivity index (χ0) is 18.0. The van der Waals surface area contributed by atoms with Gasteiger partial charge in [0.25, 0.3) is 10.0 Å². The first-order valence-electron chi connectivity index (χ1n) is 8.28. The fourth-order valence-corrected chi connectivity index (χ4v) is 4.74. The van der Waals surface area contributed by atoms with E-state index >= 15 is 0 Å². The second kappa shape index (κ2) is 7.21. The summed E-state index contributed by atoms with van der Waals surface area (Å²) in [7, 11) is -1.87. The minimum absolute atomic E-state index is 0.0558. The van der Waals surface area contributed by atoms with Crippen molar-refractivity contribution in [1.29, 1.82) is 0 Å². The molecule has 1 saturated heterocycles. The van der Waals surface area contributed by atoms with Gasteiger partial charge in [0, 0.05) is 32.4 Å². The Balaban J connectivity index is 1.65. The van der Waals surface area contributed by atoms with Crippen LogP contribution in [0.1, 0.15) is 24.8 Å². The lowest BCUT2D eigenvalue weighted by Crippen LogP contribution is -2.40. The van der Waals surface area contributed by atoms with Crippen LogP contribution in [0, 0.1) is 17.6 Å². The van der Waals surface area contributed by atoms with E-state index in [2.05, 4.69) is 4.98 Å². The van der Waals surface area contributed by atoms with Crippen LogP contribution < -0.4 is 0 Å². The average Bonchev–Trinajstić information content (AvgIpc) is 3.02. The van der Waals surface area contributed by atoms with Gasteiger partial charge in [0.1, 0.15) is 11.6 Å². The van der Waals surface area contributed by atoms with Gasteiger partial charge in [-0.25, -0.2) is 22.2 Å². The predicted molar refractivity (Wildman–Crippen MR) is 89.4 cm³/mol. The highest BCUT2D eigenvalue weighted by atomic mass is 32.2. The molecule has 0 radical (unpaired) electrons. The second-order valence-corrected chi connectivity index (χ2v) is 8.41. The molecule has 1 aromatic carbocycles. The van der Waals surface area contributed by atoms with E-state index in [1.807, 2.05) is 0 Å². The maximum absolute atomic E-state index is 13.7.